The minimum Gasteiger partial charge on any atom is -0.348 e. The molecule has 0 saturated carbocycles. The van der Waals surface area contributed by atoms with Gasteiger partial charge in [-0.3, -0.25) is 4.79 Å². The fourth-order valence-corrected chi connectivity index (χ4v) is 4.23. The number of thiazole rings is 1. The lowest BCUT2D eigenvalue weighted by Crippen LogP contribution is -2.36. The molecule has 1 fully saturated rings. The van der Waals surface area contributed by atoms with Crippen LogP contribution in [0, 0.1) is 11.7 Å². The average molecular weight is 340 g/mol. The lowest BCUT2D eigenvalue weighted by atomic mass is 9.89. The molecule has 0 unspecified atom stereocenters. The Bertz CT molecular complexity index is 869. The summed E-state index contributed by atoms with van der Waals surface area (Å²) in [5, 5.41) is 0.918. The second kappa shape index (κ2) is 6.32. The third-order valence-electron chi connectivity index (χ3n) is 4.53. The minimum absolute atomic E-state index is 0.0791. The zero-order chi connectivity index (χ0) is 16.5. The van der Waals surface area contributed by atoms with E-state index in [1.54, 1.807) is 6.07 Å². The summed E-state index contributed by atoms with van der Waals surface area (Å²) in [6.45, 7) is 1.62. The fourth-order valence-electron chi connectivity index (χ4n) is 3.19. The van der Waals surface area contributed by atoms with Crippen LogP contribution in [0.3, 0.4) is 0 Å². The normalized spacial score (nSPS) is 15.8. The van der Waals surface area contributed by atoms with Crippen molar-refractivity contribution in [1.29, 1.82) is 0 Å². The van der Waals surface area contributed by atoms with E-state index in [9.17, 15) is 9.18 Å². The van der Waals surface area contributed by atoms with Gasteiger partial charge in [0.1, 0.15) is 5.82 Å². The van der Waals surface area contributed by atoms with Crippen molar-refractivity contribution >= 4 is 32.5 Å². The Morgan fingerprint density at radius 2 is 1.88 bits per heavy atom. The van der Waals surface area contributed by atoms with Crippen LogP contribution < -0.4 is 4.90 Å². The van der Waals surface area contributed by atoms with Crippen molar-refractivity contribution in [2.75, 3.05) is 18.0 Å². The van der Waals surface area contributed by atoms with Gasteiger partial charge in [0, 0.05) is 24.6 Å². The molecule has 0 atom stereocenters. The van der Waals surface area contributed by atoms with Crippen LogP contribution in [0.25, 0.3) is 10.2 Å². The highest BCUT2D eigenvalue weighted by Crippen LogP contribution is 2.32. The van der Waals surface area contributed by atoms with Crippen molar-refractivity contribution in [2.24, 2.45) is 5.92 Å². The van der Waals surface area contributed by atoms with Crippen molar-refractivity contribution in [2.45, 2.75) is 12.8 Å². The maximum absolute atomic E-state index is 13.3. The quantitative estimate of drug-likeness (QED) is 0.657. The van der Waals surface area contributed by atoms with Gasteiger partial charge in [-0.1, -0.05) is 41.7 Å². The molecule has 0 spiro atoms. The first-order chi connectivity index (χ1) is 11.7. The molecule has 1 aliphatic heterocycles. The summed E-state index contributed by atoms with van der Waals surface area (Å²) in [6.07, 6.45) is 1.66. The van der Waals surface area contributed by atoms with Crippen molar-refractivity contribution in [3.8, 4) is 0 Å². The van der Waals surface area contributed by atoms with Crippen LogP contribution in [0.15, 0.2) is 48.5 Å². The molecule has 1 aliphatic rings. The number of fused-ring (bicyclic) bond motifs is 1. The monoisotopic (exact) mass is 340 g/mol. The molecule has 0 amide bonds. The summed E-state index contributed by atoms with van der Waals surface area (Å²) >= 11 is 1.51. The predicted octanol–water partition coefficient (Wildman–Crippen LogP) is 4.53. The average Bonchev–Trinajstić information content (AvgIpc) is 3.05. The minimum atomic E-state index is -0.232. The van der Waals surface area contributed by atoms with E-state index < -0.39 is 0 Å². The van der Waals surface area contributed by atoms with Crippen LogP contribution in [0.4, 0.5) is 9.52 Å². The van der Waals surface area contributed by atoms with Crippen LogP contribution in [0.5, 0.6) is 0 Å². The van der Waals surface area contributed by atoms with E-state index in [2.05, 4.69) is 9.88 Å². The van der Waals surface area contributed by atoms with Gasteiger partial charge in [0.05, 0.1) is 10.2 Å². The number of anilines is 1. The standard InChI is InChI=1S/C19H17FN2OS/c20-15-6-7-16-17(12-15)24-19(21-16)22-10-8-14(9-11-22)18(23)13-4-2-1-3-5-13/h1-7,12,14H,8-11H2. The van der Waals surface area contributed by atoms with Crippen molar-refractivity contribution < 1.29 is 9.18 Å². The molecule has 4 rings (SSSR count). The number of carbonyl (C=O) groups is 1. The first kappa shape index (κ1) is 15.3. The molecule has 0 aliphatic carbocycles. The lowest BCUT2D eigenvalue weighted by molar-refractivity contribution is 0.0900. The number of carbonyl (C=O) groups excluding carboxylic acids is 1. The van der Waals surface area contributed by atoms with E-state index in [0.29, 0.717) is 0 Å². The molecule has 0 bridgehead atoms. The van der Waals surface area contributed by atoms with Crippen LogP contribution in [-0.4, -0.2) is 23.9 Å². The Kier molecular flexibility index (Phi) is 4.02. The van der Waals surface area contributed by atoms with Gasteiger partial charge in [-0.25, -0.2) is 9.37 Å². The number of halogens is 1. The molecule has 122 valence electrons. The Labute approximate surface area is 143 Å². The van der Waals surface area contributed by atoms with Crippen molar-refractivity contribution in [3.05, 3.63) is 59.9 Å². The van der Waals surface area contributed by atoms with Crippen LogP contribution in [-0.2, 0) is 0 Å². The topological polar surface area (TPSA) is 33.2 Å². The molecular weight excluding hydrogens is 323 g/mol. The molecule has 3 aromatic rings. The second-order valence-corrected chi connectivity index (χ2v) is 7.11. The summed E-state index contributed by atoms with van der Waals surface area (Å²) in [7, 11) is 0. The van der Waals surface area contributed by atoms with E-state index in [-0.39, 0.29) is 17.5 Å². The van der Waals surface area contributed by atoms with Gasteiger partial charge in [-0.15, -0.1) is 0 Å². The molecular formula is C19H17FN2OS. The number of benzene rings is 2. The maximum atomic E-state index is 13.3. The zero-order valence-corrected chi connectivity index (χ0v) is 13.9. The zero-order valence-electron chi connectivity index (χ0n) is 13.1. The van der Waals surface area contributed by atoms with Gasteiger partial charge < -0.3 is 4.90 Å². The smallest absolute Gasteiger partial charge is 0.186 e. The molecule has 24 heavy (non-hydrogen) atoms. The van der Waals surface area contributed by atoms with E-state index >= 15 is 0 Å². The Balaban J connectivity index is 1.46. The second-order valence-electron chi connectivity index (χ2n) is 6.10. The molecule has 5 heteroatoms. The van der Waals surface area contributed by atoms with E-state index in [1.165, 1.54) is 23.5 Å². The Morgan fingerprint density at radius 3 is 2.62 bits per heavy atom. The Morgan fingerprint density at radius 1 is 1.12 bits per heavy atom. The number of piperidine rings is 1. The first-order valence-corrected chi connectivity index (χ1v) is 8.93. The van der Waals surface area contributed by atoms with E-state index in [0.717, 1.165) is 46.8 Å². The summed E-state index contributed by atoms with van der Waals surface area (Å²) in [5.41, 5.74) is 1.63. The largest absolute Gasteiger partial charge is 0.348 e. The van der Waals surface area contributed by atoms with Crippen LogP contribution in [0.2, 0.25) is 0 Å². The molecule has 1 saturated heterocycles. The van der Waals surface area contributed by atoms with Crippen molar-refractivity contribution in [3.63, 3.8) is 0 Å². The molecule has 1 aromatic heterocycles. The highest BCUT2D eigenvalue weighted by Gasteiger charge is 2.27. The number of aromatic nitrogens is 1. The number of nitrogens with zero attached hydrogens (tertiary/aromatic N) is 2. The summed E-state index contributed by atoms with van der Waals surface area (Å²) in [4.78, 5) is 19.4. The number of Topliss-reactive ketones (excluding diaryl/α,β-unsaturated/α-hetero) is 1. The van der Waals surface area contributed by atoms with E-state index in [4.69, 9.17) is 0 Å². The first-order valence-electron chi connectivity index (χ1n) is 8.11. The predicted molar refractivity (Wildman–Crippen MR) is 95.3 cm³/mol. The SMILES string of the molecule is O=C(c1ccccc1)C1CCN(c2nc3ccc(F)cc3s2)CC1. The maximum Gasteiger partial charge on any atom is 0.186 e. The summed E-state index contributed by atoms with van der Waals surface area (Å²) in [6, 6.07) is 14.2. The lowest BCUT2D eigenvalue weighted by Gasteiger charge is -2.31. The molecule has 0 radical (unpaired) electrons. The van der Waals surface area contributed by atoms with Crippen LogP contribution in [0.1, 0.15) is 23.2 Å². The third kappa shape index (κ3) is 2.91. The number of rotatable bonds is 3. The molecule has 3 nitrogen and oxygen atoms in total. The van der Waals surface area contributed by atoms with Gasteiger partial charge in [0.25, 0.3) is 0 Å². The van der Waals surface area contributed by atoms with Gasteiger partial charge in [0.15, 0.2) is 10.9 Å². The number of hydrogen-bond acceptors (Lipinski definition) is 4. The van der Waals surface area contributed by atoms with Crippen molar-refractivity contribution in [1.82, 2.24) is 4.98 Å². The number of ketones is 1. The Hall–Kier alpha value is -2.27. The third-order valence-corrected chi connectivity index (χ3v) is 5.61. The molecule has 2 aromatic carbocycles. The van der Waals surface area contributed by atoms with Gasteiger partial charge in [0.2, 0.25) is 0 Å². The van der Waals surface area contributed by atoms with Crippen LogP contribution >= 0.6 is 11.3 Å². The van der Waals surface area contributed by atoms with Gasteiger partial charge in [-0.2, -0.15) is 0 Å². The fraction of sp³-hybridized carbons (Fsp3) is 0.263. The summed E-state index contributed by atoms with van der Waals surface area (Å²) in [5.74, 6) is 0.0851. The highest BCUT2D eigenvalue weighted by atomic mass is 32.1. The molecule has 0 N–H and O–H groups in total. The van der Waals surface area contributed by atoms with E-state index in [1.807, 2.05) is 30.3 Å². The van der Waals surface area contributed by atoms with Gasteiger partial charge in [-0.05, 0) is 31.0 Å². The van der Waals surface area contributed by atoms with Gasteiger partial charge >= 0.3 is 0 Å². The molecule has 2 heterocycles. The highest BCUT2D eigenvalue weighted by molar-refractivity contribution is 7.22. The number of hydrogen-bond donors (Lipinski definition) is 0. The summed E-state index contributed by atoms with van der Waals surface area (Å²) < 4.78 is 14.2.